The number of fused-ring (bicyclic) bond motifs is 2. The van der Waals surface area contributed by atoms with Gasteiger partial charge in [-0.05, 0) is 41.7 Å². The molecule has 1 saturated heterocycles. The Morgan fingerprint density at radius 1 is 1.10 bits per heavy atom. The standard InChI is InChI=1S/C22H20ClFN2O3/c23-16-7-5-14(6-8-16)18(24)19-20(27)25-21(29-19)26-11-9-22(10-12-26)17-4-2-1-3-15(17)13-28-22/h1-8,18,27H,9-13H2. The number of piperidine rings is 1. The summed E-state index contributed by atoms with van der Waals surface area (Å²) in [6, 6.07) is 14.9. The van der Waals surface area contributed by atoms with Crippen LogP contribution in [0.3, 0.4) is 0 Å². The molecule has 1 spiro atoms. The van der Waals surface area contributed by atoms with Crippen molar-refractivity contribution in [1.29, 1.82) is 0 Å². The van der Waals surface area contributed by atoms with Gasteiger partial charge < -0.3 is 19.2 Å². The van der Waals surface area contributed by atoms with Crippen LogP contribution in [0.1, 0.15) is 41.5 Å². The fourth-order valence-electron chi connectivity index (χ4n) is 4.25. The molecule has 3 aromatic rings. The minimum Gasteiger partial charge on any atom is -0.491 e. The quantitative estimate of drug-likeness (QED) is 0.644. The fourth-order valence-corrected chi connectivity index (χ4v) is 4.38. The van der Waals surface area contributed by atoms with E-state index in [0.717, 1.165) is 12.8 Å². The van der Waals surface area contributed by atoms with E-state index in [1.54, 1.807) is 24.3 Å². The van der Waals surface area contributed by atoms with Crippen LogP contribution in [0.2, 0.25) is 5.02 Å². The molecule has 1 N–H and O–H groups in total. The minimum absolute atomic E-state index is 0.190. The van der Waals surface area contributed by atoms with E-state index in [0.29, 0.717) is 30.3 Å². The lowest BCUT2D eigenvalue weighted by molar-refractivity contribution is -0.0555. The highest BCUT2D eigenvalue weighted by atomic mass is 35.5. The van der Waals surface area contributed by atoms with Gasteiger partial charge >= 0.3 is 6.01 Å². The van der Waals surface area contributed by atoms with Gasteiger partial charge in [-0.1, -0.05) is 48.0 Å². The smallest absolute Gasteiger partial charge is 0.301 e. The largest absolute Gasteiger partial charge is 0.491 e. The number of aromatic hydroxyl groups is 1. The number of benzene rings is 2. The van der Waals surface area contributed by atoms with Gasteiger partial charge in [0.05, 0.1) is 12.2 Å². The molecule has 0 aliphatic carbocycles. The number of halogens is 2. The number of oxazole rings is 1. The zero-order valence-corrected chi connectivity index (χ0v) is 16.4. The Morgan fingerprint density at radius 2 is 1.83 bits per heavy atom. The van der Waals surface area contributed by atoms with Gasteiger partial charge in [-0.15, -0.1) is 0 Å². The van der Waals surface area contributed by atoms with Gasteiger partial charge in [0.1, 0.15) is 0 Å². The number of hydrogen-bond donors (Lipinski definition) is 1. The van der Waals surface area contributed by atoms with Crippen molar-refractivity contribution < 1.29 is 18.7 Å². The summed E-state index contributed by atoms with van der Waals surface area (Å²) >= 11 is 5.86. The molecule has 2 aromatic carbocycles. The SMILES string of the molecule is Oc1nc(N2CCC3(CC2)OCc2ccccc23)oc1C(F)c1ccc(Cl)cc1. The Hall–Kier alpha value is -2.57. The molecule has 0 amide bonds. The van der Waals surface area contributed by atoms with Crippen LogP contribution in [0.15, 0.2) is 52.9 Å². The molecule has 5 nitrogen and oxygen atoms in total. The molecule has 3 heterocycles. The van der Waals surface area contributed by atoms with E-state index < -0.39 is 12.1 Å². The van der Waals surface area contributed by atoms with E-state index in [2.05, 4.69) is 17.1 Å². The monoisotopic (exact) mass is 414 g/mol. The maximum absolute atomic E-state index is 14.9. The Kier molecular flexibility index (Phi) is 4.48. The minimum atomic E-state index is -1.62. The van der Waals surface area contributed by atoms with Crippen LogP contribution in [0.5, 0.6) is 5.88 Å². The van der Waals surface area contributed by atoms with Crippen molar-refractivity contribution >= 4 is 17.6 Å². The van der Waals surface area contributed by atoms with Gasteiger partial charge in [0.2, 0.25) is 5.76 Å². The summed E-state index contributed by atoms with van der Waals surface area (Å²) in [6.07, 6.45) is -0.0630. The summed E-state index contributed by atoms with van der Waals surface area (Å²) in [7, 11) is 0. The molecule has 1 fully saturated rings. The maximum Gasteiger partial charge on any atom is 0.301 e. The third kappa shape index (κ3) is 3.16. The van der Waals surface area contributed by atoms with Crippen molar-refractivity contribution in [1.82, 2.24) is 4.98 Å². The first kappa shape index (κ1) is 18.5. The molecule has 0 radical (unpaired) electrons. The molecule has 2 aliphatic rings. The molecule has 1 aromatic heterocycles. The highest BCUT2D eigenvalue weighted by molar-refractivity contribution is 6.30. The van der Waals surface area contributed by atoms with Crippen molar-refractivity contribution in [3.63, 3.8) is 0 Å². The zero-order valence-electron chi connectivity index (χ0n) is 15.6. The highest BCUT2D eigenvalue weighted by Crippen LogP contribution is 2.45. The number of anilines is 1. The van der Waals surface area contributed by atoms with Crippen LogP contribution in [0.4, 0.5) is 10.4 Å². The Bertz CT molecular complexity index is 1030. The Morgan fingerprint density at radius 3 is 2.59 bits per heavy atom. The molecule has 2 aliphatic heterocycles. The van der Waals surface area contributed by atoms with Crippen molar-refractivity contribution in [2.45, 2.75) is 31.2 Å². The predicted octanol–water partition coefficient (Wildman–Crippen LogP) is 5.12. The predicted molar refractivity (Wildman–Crippen MR) is 107 cm³/mol. The molecule has 1 unspecified atom stereocenters. The lowest BCUT2D eigenvalue weighted by atomic mass is 9.84. The molecule has 0 bridgehead atoms. The summed E-state index contributed by atoms with van der Waals surface area (Å²) < 4.78 is 26.7. The van der Waals surface area contributed by atoms with Crippen molar-refractivity contribution in [2.75, 3.05) is 18.0 Å². The molecule has 0 saturated carbocycles. The van der Waals surface area contributed by atoms with E-state index in [1.165, 1.54) is 11.1 Å². The van der Waals surface area contributed by atoms with Crippen LogP contribution in [-0.2, 0) is 16.9 Å². The van der Waals surface area contributed by atoms with E-state index in [9.17, 15) is 9.50 Å². The van der Waals surface area contributed by atoms with Crippen LogP contribution < -0.4 is 4.90 Å². The van der Waals surface area contributed by atoms with Gasteiger partial charge in [-0.3, -0.25) is 0 Å². The number of rotatable bonds is 3. The van der Waals surface area contributed by atoms with E-state index in [1.807, 2.05) is 17.0 Å². The summed E-state index contributed by atoms with van der Waals surface area (Å²) in [6.45, 7) is 1.92. The number of nitrogens with zero attached hydrogens (tertiary/aromatic N) is 2. The first-order chi connectivity index (χ1) is 14.1. The summed E-state index contributed by atoms with van der Waals surface area (Å²) in [5.41, 5.74) is 2.56. The van der Waals surface area contributed by atoms with Gasteiger partial charge in [0, 0.05) is 18.1 Å². The third-order valence-electron chi connectivity index (χ3n) is 5.87. The number of aromatic nitrogens is 1. The molecular weight excluding hydrogens is 395 g/mol. The number of alkyl halides is 1. The fraction of sp³-hybridized carbons (Fsp3) is 0.318. The number of hydrogen-bond acceptors (Lipinski definition) is 5. The van der Waals surface area contributed by atoms with E-state index in [-0.39, 0.29) is 17.4 Å². The second-order valence-electron chi connectivity index (χ2n) is 7.53. The molecule has 1 atom stereocenters. The van der Waals surface area contributed by atoms with Gasteiger partial charge in [0.25, 0.3) is 5.88 Å². The lowest BCUT2D eigenvalue weighted by Crippen LogP contribution is -2.42. The van der Waals surface area contributed by atoms with E-state index in [4.69, 9.17) is 20.8 Å². The molecule has 150 valence electrons. The molecule has 29 heavy (non-hydrogen) atoms. The lowest BCUT2D eigenvalue weighted by Gasteiger charge is -2.38. The maximum atomic E-state index is 14.9. The normalized spacial score (nSPS) is 18.8. The van der Waals surface area contributed by atoms with Crippen LogP contribution in [0, 0.1) is 0 Å². The highest BCUT2D eigenvalue weighted by Gasteiger charge is 2.43. The van der Waals surface area contributed by atoms with Crippen LogP contribution in [0.25, 0.3) is 0 Å². The second-order valence-corrected chi connectivity index (χ2v) is 7.96. The van der Waals surface area contributed by atoms with Crippen molar-refractivity contribution in [2.24, 2.45) is 0 Å². The summed E-state index contributed by atoms with van der Waals surface area (Å²) in [5.74, 6) is -0.615. The van der Waals surface area contributed by atoms with Crippen LogP contribution in [-0.4, -0.2) is 23.2 Å². The zero-order chi connectivity index (χ0) is 20.0. The van der Waals surface area contributed by atoms with Crippen LogP contribution >= 0.6 is 11.6 Å². The second kappa shape index (κ2) is 7.04. The summed E-state index contributed by atoms with van der Waals surface area (Å²) in [5, 5.41) is 10.7. The third-order valence-corrected chi connectivity index (χ3v) is 6.12. The molecular formula is C22H20ClFN2O3. The average molecular weight is 415 g/mol. The first-order valence-corrected chi connectivity index (χ1v) is 10.00. The topological polar surface area (TPSA) is 58.7 Å². The molecule has 5 rings (SSSR count). The number of ether oxygens (including phenoxy) is 1. The first-order valence-electron chi connectivity index (χ1n) is 9.62. The van der Waals surface area contributed by atoms with Crippen molar-refractivity contribution in [3.05, 3.63) is 76.0 Å². The van der Waals surface area contributed by atoms with Crippen molar-refractivity contribution in [3.8, 4) is 5.88 Å². The van der Waals surface area contributed by atoms with Gasteiger partial charge in [-0.2, -0.15) is 4.98 Å². The van der Waals surface area contributed by atoms with Gasteiger partial charge in [-0.25, -0.2) is 4.39 Å². The molecule has 7 heteroatoms. The Labute approximate surface area is 172 Å². The van der Waals surface area contributed by atoms with E-state index >= 15 is 0 Å². The van der Waals surface area contributed by atoms with Gasteiger partial charge in [0.15, 0.2) is 6.17 Å². The summed E-state index contributed by atoms with van der Waals surface area (Å²) in [4.78, 5) is 5.99. The average Bonchev–Trinajstić information content (AvgIpc) is 3.30. The Balaban J connectivity index is 1.33.